The number of amides is 1. The first kappa shape index (κ1) is 14.4. The molecule has 2 atom stereocenters. The fraction of sp³-hybridized carbons (Fsp3) is 0.462. The van der Waals surface area contributed by atoms with Crippen LogP contribution in [0.4, 0.5) is 15.8 Å². The number of carbonyl (C=O) groups is 1. The third-order valence-corrected chi connectivity index (χ3v) is 2.75. The van der Waals surface area contributed by atoms with Crippen LogP contribution >= 0.6 is 0 Å². The third kappa shape index (κ3) is 4.00. The summed E-state index contributed by atoms with van der Waals surface area (Å²) in [6.07, 6.45) is -0.0474. The lowest BCUT2D eigenvalue weighted by atomic mass is 10.2. The van der Waals surface area contributed by atoms with Gasteiger partial charge in [0.15, 0.2) is 0 Å². The molecular weight excluding hydrogens is 235 g/mol. The van der Waals surface area contributed by atoms with Crippen LogP contribution in [0, 0.1) is 5.82 Å². The summed E-state index contributed by atoms with van der Waals surface area (Å²) in [5, 5.41) is 5.64. The topological polar surface area (TPSA) is 50.4 Å². The van der Waals surface area contributed by atoms with Crippen molar-refractivity contribution in [3.05, 3.63) is 24.0 Å². The molecule has 0 spiro atoms. The first-order valence-corrected chi connectivity index (χ1v) is 5.80. The Balaban J connectivity index is 2.83. The fourth-order valence-corrected chi connectivity index (χ4v) is 1.48. The van der Waals surface area contributed by atoms with Crippen LogP contribution in [-0.4, -0.2) is 25.2 Å². The molecule has 1 amide bonds. The number of rotatable bonds is 5. The van der Waals surface area contributed by atoms with E-state index in [1.54, 1.807) is 13.2 Å². The summed E-state index contributed by atoms with van der Waals surface area (Å²) < 4.78 is 18.8. The minimum atomic E-state index is -0.362. The minimum absolute atomic E-state index is 0.0444. The monoisotopic (exact) mass is 254 g/mol. The van der Waals surface area contributed by atoms with E-state index in [0.717, 1.165) is 0 Å². The standard InChI is InChI=1S/C13H19FN2O2/c1-8(9(2)18-4)15-13-7-11(16-10(3)17)5-6-12(13)14/h5-9,15H,1-4H3,(H,16,17). The number of carbonyl (C=O) groups excluding carboxylic acids is 1. The number of ether oxygens (including phenoxy) is 1. The summed E-state index contributed by atoms with van der Waals surface area (Å²) in [5.74, 6) is -0.551. The highest BCUT2D eigenvalue weighted by Gasteiger charge is 2.13. The van der Waals surface area contributed by atoms with Crippen LogP contribution in [0.25, 0.3) is 0 Å². The Labute approximate surface area is 107 Å². The highest BCUT2D eigenvalue weighted by Crippen LogP contribution is 2.21. The molecule has 0 saturated heterocycles. The van der Waals surface area contributed by atoms with Gasteiger partial charge in [-0.3, -0.25) is 4.79 Å². The number of halogens is 1. The predicted molar refractivity (Wildman–Crippen MR) is 70.3 cm³/mol. The van der Waals surface area contributed by atoms with Crippen molar-refractivity contribution < 1.29 is 13.9 Å². The van der Waals surface area contributed by atoms with E-state index in [1.165, 1.54) is 19.1 Å². The second-order valence-corrected chi connectivity index (χ2v) is 4.25. The van der Waals surface area contributed by atoms with Crippen molar-refractivity contribution in [2.75, 3.05) is 17.7 Å². The van der Waals surface area contributed by atoms with E-state index in [0.29, 0.717) is 11.4 Å². The quantitative estimate of drug-likeness (QED) is 0.849. The van der Waals surface area contributed by atoms with E-state index in [4.69, 9.17) is 4.74 Å². The Bertz CT molecular complexity index is 423. The second-order valence-electron chi connectivity index (χ2n) is 4.25. The molecule has 4 nitrogen and oxygen atoms in total. The van der Waals surface area contributed by atoms with Gasteiger partial charge in [0.1, 0.15) is 5.82 Å². The Morgan fingerprint density at radius 1 is 1.39 bits per heavy atom. The molecule has 0 bridgehead atoms. The molecule has 0 heterocycles. The van der Waals surface area contributed by atoms with E-state index in [2.05, 4.69) is 10.6 Å². The Hall–Kier alpha value is -1.62. The van der Waals surface area contributed by atoms with Gasteiger partial charge in [0.2, 0.25) is 5.91 Å². The van der Waals surface area contributed by atoms with E-state index in [-0.39, 0.29) is 23.9 Å². The average Bonchev–Trinajstić information content (AvgIpc) is 2.31. The molecule has 1 aromatic carbocycles. The van der Waals surface area contributed by atoms with E-state index in [1.807, 2.05) is 13.8 Å². The van der Waals surface area contributed by atoms with Crippen LogP contribution in [0.3, 0.4) is 0 Å². The lowest BCUT2D eigenvalue weighted by Gasteiger charge is -2.21. The fourth-order valence-electron chi connectivity index (χ4n) is 1.48. The van der Waals surface area contributed by atoms with Crippen LogP contribution in [0.2, 0.25) is 0 Å². The molecule has 0 radical (unpaired) electrons. The summed E-state index contributed by atoms with van der Waals surface area (Å²) in [4.78, 5) is 10.9. The van der Waals surface area contributed by atoms with Gasteiger partial charge in [-0.25, -0.2) is 4.39 Å². The molecule has 0 aliphatic rings. The van der Waals surface area contributed by atoms with Gasteiger partial charge < -0.3 is 15.4 Å². The Morgan fingerprint density at radius 2 is 2.06 bits per heavy atom. The molecule has 100 valence electrons. The summed E-state index contributed by atoms with van der Waals surface area (Å²) >= 11 is 0. The number of hydrogen-bond donors (Lipinski definition) is 2. The first-order valence-electron chi connectivity index (χ1n) is 5.80. The van der Waals surface area contributed by atoms with Crippen molar-refractivity contribution >= 4 is 17.3 Å². The molecule has 0 aliphatic carbocycles. The maximum Gasteiger partial charge on any atom is 0.221 e. The van der Waals surface area contributed by atoms with Crippen molar-refractivity contribution in [2.24, 2.45) is 0 Å². The van der Waals surface area contributed by atoms with Gasteiger partial charge in [0.25, 0.3) is 0 Å². The van der Waals surface area contributed by atoms with Crippen molar-refractivity contribution in [3.63, 3.8) is 0 Å². The molecule has 2 unspecified atom stereocenters. The van der Waals surface area contributed by atoms with E-state index in [9.17, 15) is 9.18 Å². The van der Waals surface area contributed by atoms with Crippen LogP contribution in [0.5, 0.6) is 0 Å². The summed E-state index contributed by atoms with van der Waals surface area (Å²) in [7, 11) is 1.60. The highest BCUT2D eigenvalue weighted by molar-refractivity contribution is 5.89. The van der Waals surface area contributed by atoms with Gasteiger partial charge >= 0.3 is 0 Å². The number of methoxy groups -OCH3 is 1. The SMILES string of the molecule is COC(C)C(C)Nc1cc(NC(C)=O)ccc1F. The van der Waals surface area contributed by atoms with E-state index >= 15 is 0 Å². The van der Waals surface area contributed by atoms with Crippen LogP contribution < -0.4 is 10.6 Å². The van der Waals surface area contributed by atoms with Crippen molar-refractivity contribution in [1.82, 2.24) is 0 Å². The Morgan fingerprint density at radius 3 is 2.61 bits per heavy atom. The van der Waals surface area contributed by atoms with Gasteiger partial charge in [-0.15, -0.1) is 0 Å². The normalized spacial score (nSPS) is 13.8. The third-order valence-electron chi connectivity index (χ3n) is 2.75. The number of benzene rings is 1. The Kier molecular flexibility index (Phi) is 5.09. The first-order chi connectivity index (χ1) is 8.43. The summed E-state index contributed by atoms with van der Waals surface area (Å²) in [6, 6.07) is 4.36. The van der Waals surface area contributed by atoms with Gasteiger partial charge in [-0.1, -0.05) is 0 Å². The molecule has 1 aromatic rings. The molecule has 1 rings (SSSR count). The summed E-state index contributed by atoms with van der Waals surface area (Å²) in [5.41, 5.74) is 0.904. The zero-order valence-electron chi connectivity index (χ0n) is 11.1. The molecule has 0 aromatic heterocycles. The number of hydrogen-bond acceptors (Lipinski definition) is 3. The van der Waals surface area contributed by atoms with Crippen LogP contribution in [-0.2, 0) is 9.53 Å². The lowest BCUT2D eigenvalue weighted by molar-refractivity contribution is -0.114. The molecule has 5 heteroatoms. The maximum atomic E-state index is 13.6. The average molecular weight is 254 g/mol. The predicted octanol–water partition coefficient (Wildman–Crippen LogP) is 2.62. The van der Waals surface area contributed by atoms with E-state index < -0.39 is 0 Å². The van der Waals surface area contributed by atoms with Crippen molar-refractivity contribution in [3.8, 4) is 0 Å². The van der Waals surface area contributed by atoms with Gasteiger partial charge in [0.05, 0.1) is 11.8 Å². The highest BCUT2D eigenvalue weighted by atomic mass is 19.1. The molecule has 0 saturated carbocycles. The van der Waals surface area contributed by atoms with Crippen LogP contribution in [0.1, 0.15) is 20.8 Å². The molecular formula is C13H19FN2O2. The van der Waals surface area contributed by atoms with Crippen molar-refractivity contribution in [1.29, 1.82) is 0 Å². The molecule has 0 fully saturated rings. The molecule has 18 heavy (non-hydrogen) atoms. The molecule has 0 aliphatic heterocycles. The van der Waals surface area contributed by atoms with Gasteiger partial charge in [-0.2, -0.15) is 0 Å². The second kappa shape index (κ2) is 6.35. The van der Waals surface area contributed by atoms with Gasteiger partial charge in [0, 0.05) is 25.8 Å². The largest absolute Gasteiger partial charge is 0.380 e. The zero-order chi connectivity index (χ0) is 13.7. The lowest BCUT2D eigenvalue weighted by Crippen LogP contribution is -2.30. The number of anilines is 2. The minimum Gasteiger partial charge on any atom is -0.380 e. The van der Waals surface area contributed by atoms with Crippen molar-refractivity contribution in [2.45, 2.75) is 32.9 Å². The van der Waals surface area contributed by atoms with Gasteiger partial charge in [-0.05, 0) is 32.0 Å². The summed E-state index contributed by atoms with van der Waals surface area (Å²) in [6.45, 7) is 5.21. The molecule has 2 N–H and O–H groups in total. The maximum absolute atomic E-state index is 13.6. The smallest absolute Gasteiger partial charge is 0.221 e. The number of nitrogens with one attached hydrogen (secondary N) is 2. The zero-order valence-corrected chi connectivity index (χ0v) is 11.1. The van der Waals surface area contributed by atoms with Crippen LogP contribution in [0.15, 0.2) is 18.2 Å².